The molecule has 0 radical (unpaired) electrons. The van der Waals surface area contributed by atoms with Gasteiger partial charge in [-0.2, -0.15) is 0 Å². The number of rotatable bonds is 4. The van der Waals surface area contributed by atoms with E-state index in [0.29, 0.717) is 12.6 Å². The van der Waals surface area contributed by atoms with Gasteiger partial charge in [-0.15, -0.1) is 0 Å². The van der Waals surface area contributed by atoms with Crippen molar-refractivity contribution in [2.75, 3.05) is 0 Å². The number of nitrogens with one attached hydrogen (secondary N) is 2. The fourth-order valence-electron chi connectivity index (χ4n) is 1.95. The van der Waals surface area contributed by atoms with E-state index in [4.69, 9.17) is 9.26 Å². The molecule has 1 saturated carbocycles. The Balaban J connectivity index is 1.60. The van der Waals surface area contributed by atoms with E-state index in [-0.39, 0.29) is 12.1 Å². The molecule has 1 fully saturated rings. The molecule has 1 amide bonds. The lowest BCUT2D eigenvalue weighted by Gasteiger charge is -2.36. The van der Waals surface area contributed by atoms with Crippen LogP contribution in [0.1, 0.15) is 39.4 Å². The summed E-state index contributed by atoms with van der Waals surface area (Å²) >= 11 is 0. The highest BCUT2D eigenvalue weighted by molar-refractivity contribution is 5.68. The van der Waals surface area contributed by atoms with E-state index < -0.39 is 5.60 Å². The van der Waals surface area contributed by atoms with Gasteiger partial charge in [-0.05, 0) is 33.6 Å². The third-order valence-corrected chi connectivity index (χ3v) is 2.92. The second-order valence-corrected chi connectivity index (χ2v) is 5.87. The Morgan fingerprint density at radius 1 is 1.47 bits per heavy atom. The van der Waals surface area contributed by atoms with Crippen LogP contribution in [0.5, 0.6) is 0 Å². The smallest absolute Gasteiger partial charge is 0.407 e. The predicted octanol–water partition coefficient (Wildman–Crippen LogP) is 1.82. The first kappa shape index (κ1) is 13.9. The Bertz CT molecular complexity index is 405. The van der Waals surface area contributed by atoms with Crippen LogP contribution < -0.4 is 10.6 Å². The zero-order chi connectivity index (χ0) is 13.9. The summed E-state index contributed by atoms with van der Waals surface area (Å²) in [7, 11) is 0. The van der Waals surface area contributed by atoms with Crippen molar-refractivity contribution in [3.8, 4) is 0 Å². The van der Waals surface area contributed by atoms with Gasteiger partial charge in [0.2, 0.25) is 0 Å². The normalized spacial score (nSPS) is 22.7. The van der Waals surface area contributed by atoms with Crippen molar-refractivity contribution in [1.82, 2.24) is 15.8 Å². The monoisotopic (exact) mass is 267 g/mol. The maximum Gasteiger partial charge on any atom is 0.407 e. The standard InChI is InChI=1S/C13H21N3O3/c1-13(2,3)18-12(17)16-10-6-9(7-10)14-8-11-4-5-15-19-11/h4-5,9-10,14H,6-8H2,1-3H3,(H,16,17). The molecule has 0 aromatic carbocycles. The molecule has 6 heteroatoms. The van der Waals surface area contributed by atoms with Gasteiger partial charge < -0.3 is 19.9 Å². The van der Waals surface area contributed by atoms with Gasteiger partial charge in [0.15, 0.2) is 0 Å². The molecule has 1 heterocycles. The van der Waals surface area contributed by atoms with Gasteiger partial charge >= 0.3 is 6.09 Å². The molecule has 0 spiro atoms. The fourth-order valence-corrected chi connectivity index (χ4v) is 1.95. The van der Waals surface area contributed by atoms with Gasteiger partial charge in [0.05, 0.1) is 12.7 Å². The number of carbonyl (C=O) groups is 1. The molecule has 0 atom stereocenters. The zero-order valence-corrected chi connectivity index (χ0v) is 11.6. The van der Waals surface area contributed by atoms with Gasteiger partial charge in [-0.1, -0.05) is 5.16 Å². The number of carbonyl (C=O) groups excluding carboxylic acids is 1. The summed E-state index contributed by atoms with van der Waals surface area (Å²) in [6.07, 6.45) is 3.11. The molecule has 2 N–H and O–H groups in total. The van der Waals surface area contributed by atoms with Gasteiger partial charge in [-0.3, -0.25) is 0 Å². The summed E-state index contributed by atoms with van der Waals surface area (Å²) < 4.78 is 10.2. The lowest BCUT2D eigenvalue weighted by molar-refractivity contribution is 0.0464. The van der Waals surface area contributed by atoms with Crippen molar-refractivity contribution < 1.29 is 14.1 Å². The molecule has 106 valence electrons. The van der Waals surface area contributed by atoms with Crippen LogP contribution in [0, 0.1) is 0 Å². The second kappa shape index (κ2) is 5.61. The predicted molar refractivity (Wildman–Crippen MR) is 69.5 cm³/mol. The summed E-state index contributed by atoms with van der Waals surface area (Å²) in [6.45, 7) is 6.24. The number of amides is 1. The van der Waals surface area contributed by atoms with E-state index in [1.165, 1.54) is 0 Å². The highest BCUT2D eigenvalue weighted by atomic mass is 16.6. The fraction of sp³-hybridized carbons (Fsp3) is 0.692. The summed E-state index contributed by atoms with van der Waals surface area (Å²) in [6, 6.07) is 2.44. The van der Waals surface area contributed by atoms with Crippen molar-refractivity contribution in [3.05, 3.63) is 18.0 Å². The first-order valence-electron chi connectivity index (χ1n) is 6.55. The Morgan fingerprint density at radius 3 is 2.79 bits per heavy atom. The van der Waals surface area contributed by atoms with E-state index >= 15 is 0 Å². The van der Waals surface area contributed by atoms with Crippen LogP contribution >= 0.6 is 0 Å². The average molecular weight is 267 g/mol. The van der Waals surface area contributed by atoms with Gasteiger partial charge in [0, 0.05) is 18.2 Å². The Hall–Kier alpha value is -1.56. The highest BCUT2D eigenvalue weighted by Gasteiger charge is 2.31. The second-order valence-electron chi connectivity index (χ2n) is 5.87. The quantitative estimate of drug-likeness (QED) is 0.870. The summed E-state index contributed by atoms with van der Waals surface area (Å²) in [5, 5.41) is 9.85. The molecular weight excluding hydrogens is 246 g/mol. The third kappa shape index (κ3) is 4.55. The zero-order valence-electron chi connectivity index (χ0n) is 11.6. The van der Waals surface area contributed by atoms with Gasteiger partial charge in [-0.25, -0.2) is 4.79 Å². The van der Waals surface area contributed by atoms with Crippen LogP contribution in [0.2, 0.25) is 0 Å². The molecule has 0 aliphatic heterocycles. The highest BCUT2D eigenvalue weighted by Crippen LogP contribution is 2.21. The first-order valence-corrected chi connectivity index (χ1v) is 6.55. The minimum Gasteiger partial charge on any atom is -0.444 e. The minimum atomic E-state index is -0.447. The molecule has 0 bridgehead atoms. The van der Waals surface area contributed by atoms with Gasteiger partial charge in [0.1, 0.15) is 11.4 Å². The summed E-state index contributed by atoms with van der Waals surface area (Å²) in [5.41, 5.74) is -0.447. The molecule has 1 aliphatic rings. The van der Waals surface area contributed by atoms with Crippen LogP contribution in [0.3, 0.4) is 0 Å². The van der Waals surface area contributed by atoms with Crippen LogP contribution in [0.4, 0.5) is 4.79 Å². The number of ether oxygens (including phenoxy) is 1. The maximum atomic E-state index is 11.5. The number of hydrogen-bond acceptors (Lipinski definition) is 5. The van der Waals surface area contributed by atoms with E-state index in [1.54, 1.807) is 6.20 Å². The largest absolute Gasteiger partial charge is 0.444 e. The number of nitrogens with zero attached hydrogens (tertiary/aromatic N) is 1. The lowest BCUT2D eigenvalue weighted by atomic mass is 9.87. The van der Waals surface area contributed by atoms with E-state index in [9.17, 15) is 4.79 Å². The molecule has 1 aromatic heterocycles. The maximum absolute atomic E-state index is 11.5. The van der Waals surface area contributed by atoms with E-state index in [0.717, 1.165) is 18.6 Å². The molecule has 0 unspecified atom stereocenters. The molecule has 0 saturated heterocycles. The van der Waals surface area contributed by atoms with Crippen molar-refractivity contribution in [2.45, 2.75) is 57.8 Å². The van der Waals surface area contributed by atoms with Crippen LogP contribution in [-0.4, -0.2) is 28.9 Å². The van der Waals surface area contributed by atoms with Crippen molar-refractivity contribution in [3.63, 3.8) is 0 Å². The lowest BCUT2D eigenvalue weighted by Crippen LogP contribution is -2.52. The van der Waals surface area contributed by atoms with E-state index in [2.05, 4.69) is 15.8 Å². The molecule has 2 rings (SSSR count). The van der Waals surface area contributed by atoms with Crippen LogP contribution in [0.15, 0.2) is 16.8 Å². The molecule has 1 aromatic rings. The third-order valence-electron chi connectivity index (χ3n) is 2.92. The Morgan fingerprint density at radius 2 is 2.21 bits per heavy atom. The number of hydrogen-bond donors (Lipinski definition) is 2. The SMILES string of the molecule is CC(C)(C)OC(=O)NC1CC(NCc2ccno2)C1. The first-order chi connectivity index (χ1) is 8.92. The Kier molecular flexibility index (Phi) is 4.09. The van der Waals surface area contributed by atoms with Crippen LogP contribution in [0.25, 0.3) is 0 Å². The van der Waals surface area contributed by atoms with Gasteiger partial charge in [0.25, 0.3) is 0 Å². The van der Waals surface area contributed by atoms with E-state index in [1.807, 2.05) is 26.8 Å². The van der Waals surface area contributed by atoms with Crippen molar-refractivity contribution in [1.29, 1.82) is 0 Å². The van der Waals surface area contributed by atoms with Crippen molar-refractivity contribution >= 4 is 6.09 Å². The molecular formula is C13H21N3O3. The molecule has 19 heavy (non-hydrogen) atoms. The molecule has 1 aliphatic carbocycles. The molecule has 6 nitrogen and oxygen atoms in total. The average Bonchev–Trinajstić information content (AvgIpc) is 2.71. The van der Waals surface area contributed by atoms with Crippen LogP contribution in [-0.2, 0) is 11.3 Å². The number of alkyl carbamates (subject to hydrolysis) is 1. The minimum absolute atomic E-state index is 0.196. The summed E-state index contributed by atoms with van der Waals surface area (Å²) in [5.74, 6) is 0.823. The van der Waals surface area contributed by atoms with Crippen molar-refractivity contribution in [2.24, 2.45) is 0 Å². The number of aromatic nitrogens is 1. The Labute approximate surface area is 112 Å². The summed E-state index contributed by atoms with van der Waals surface area (Å²) in [4.78, 5) is 11.5. The topological polar surface area (TPSA) is 76.4 Å².